The van der Waals surface area contributed by atoms with Crippen molar-refractivity contribution in [2.75, 3.05) is 13.2 Å². The van der Waals surface area contributed by atoms with Crippen LogP contribution in [-0.4, -0.2) is 23.4 Å². The summed E-state index contributed by atoms with van der Waals surface area (Å²) in [5.41, 5.74) is 0. The summed E-state index contributed by atoms with van der Waals surface area (Å²) >= 11 is 0. The monoisotopic (exact) mass is 143 g/mol. The minimum absolute atomic E-state index is 0. The topological polar surface area (TPSA) is 145 Å². The van der Waals surface area contributed by atoms with E-state index in [-0.39, 0.29) is 31.7 Å². The largest absolute Gasteiger partial charge is 0.397 e. The molecular weight excluding hydrogens is 122 g/mol. The summed E-state index contributed by atoms with van der Waals surface area (Å²) in [4.78, 5) is 0. The van der Waals surface area contributed by atoms with Crippen LogP contribution in [0.25, 0.3) is 0 Å². The molecule has 0 aromatic heterocycles. The summed E-state index contributed by atoms with van der Waals surface area (Å²) in [6.45, 7) is 3.86. The van der Waals surface area contributed by atoms with E-state index < -0.39 is 0 Å². The summed E-state index contributed by atoms with van der Waals surface area (Å²) in [7, 11) is 0. The van der Waals surface area contributed by atoms with Gasteiger partial charge >= 0.3 is 0 Å². The van der Waals surface area contributed by atoms with Crippen LogP contribution in [0.3, 0.4) is 0 Å². The predicted molar refractivity (Wildman–Crippen MR) is 40.6 cm³/mol. The standard InChI is InChI=1S/2C2H6O.3H3N/c2*1-2-3;;;/h2*3H,2H2,1H3;3*1H3. The van der Waals surface area contributed by atoms with Crippen LogP contribution >= 0.6 is 0 Å². The molecule has 0 aliphatic carbocycles. The zero-order valence-corrected chi connectivity index (χ0v) is 6.43. The van der Waals surface area contributed by atoms with Gasteiger partial charge in [0.1, 0.15) is 0 Å². The average molecular weight is 143 g/mol. The number of aliphatic hydroxyl groups excluding tert-OH is 2. The van der Waals surface area contributed by atoms with Crippen molar-refractivity contribution < 1.29 is 10.2 Å². The van der Waals surface area contributed by atoms with Crippen molar-refractivity contribution in [2.45, 2.75) is 13.8 Å². The van der Waals surface area contributed by atoms with E-state index >= 15 is 0 Å². The molecule has 0 saturated heterocycles. The minimum Gasteiger partial charge on any atom is -0.397 e. The molecule has 0 rings (SSSR count). The van der Waals surface area contributed by atoms with E-state index in [0.29, 0.717) is 0 Å². The van der Waals surface area contributed by atoms with E-state index in [4.69, 9.17) is 10.2 Å². The van der Waals surface area contributed by atoms with Crippen LogP contribution in [0.15, 0.2) is 0 Å². The second-order valence-electron chi connectivity index (χ2n) is 0.632. The summed E-state index contributed by atoms with van der Waals surface area (Å²) in [5, 5.41) is 15.1. The molecule has 0 aromatic carbocycles. The van der Waals surface area contributed by atoms with Crippen LogP contribution in [0.5, 0.6) is 0 Å². The zero-order chi connectivity index (χ0) is 5.41. The van der Waals surface area contributed by atoms with Crippen molar-refractivity contribution in [3.63, 3.8) is 0 Å². The molecule has 5 nitrogen and oxygen atoms in total. The Labute approximate surface area is 56.8 Å². The molecule has 11 N–H and O–H groups in total. The average Bonchev–Trinajstić information content (AvgIpc) is 1.39. The van der Waals surface area contributed by atoms with Crippen LogP contribution in [0.4, 0.5) is 0 Å². The van der Waals surface area contributed by atoms with Crippen LogP contribution in [-0.2, 0) is 0 Å². The molecule has 0 fully saturated rings. The van der Waals surface area contributed by atoms with Crippen LogP contribution < -0.4 is 18.5 Å². The first-order chi connectivity index (χ1) is 2.83. The van der Waals surface area contributed by atoms with Gasteiger partial charge in [-0.1, -0.05) is 0 Å². The van der Waals surface area contributed by atoms with E-state index in [2.05, 4.69) is 0 Å². The third-order valence-electron chi connectivity index (χ3n) is 0. The summed E-state index contributed by atoms with van der Waals surface area (Å²) in [6.07, 6.45) is 0. The van der Waals surface area contributed by atoms with Gasteiger partial charge in [-0.2, -0.15) is 0 Å². The van der Waals surface area contributed by atoms with Gasteiger partial charge in [0, 0.05) is 13.2 Å². The van der Waals surface area contributed by atoms with Crippen LogP contribution in [0, 0.1) is 0 Å². The Kier molecular flexibility index (Phi) is 459. The molecule has 0 amide bonds. The highest BCUT2D eigenvalue weighted by Gasteiger charge is 1.34. The van der Waals surface area contributed by atoms with E-state index in [1.165, 1.54) is 0 Å². The summed E-state index contributed by atoms with van der Waals surface area (Å²) in [5.74, 6) is 0. The lowest BCUT2D eigenvalue weighted by Crippen LogP contribution is -1.57. The SMILES string of the molecule is CCO.CCO.N.N.N. The molecular formula is C4H21N3O2. The van der Waals surface area contributed by atoms with Crippen LogP contribution in [0.2, 0.25) is 0 Å². The molecule has 0 saturated carbocycles. The fourth-order valence-electron chi connectivity index (χ4n) is 0. The Bertz CT molecular complexity index is 15.8. The minimum atomic E-state index is 0. The molecule has 0 atom stereocenters. The first-order valence-corrected chi connectivity index (χ1v) is 2.05. The molecule has 0 spiro atoms. The molecule has 0 heterocycles. The Morgan fingerprint density at radius 2 is 0.778 bits per heavy atom. The van der Waals surface area contributed by atoms with Gasteiger partial charge in [0.2, 0.25) is 0 Å². The Hall–Kier alpha value is -0.200. The number of rotatable bonds is 0. The van der Waals surface area contributed by atoms with E-state index in [0.717, 1.165) is 0 Å². The van der Waals surface area contributed by atoms with Gasteiger partial charge in [0.05, 0.1) is 0 Å². The zero-order valence-electron chi connectivity index (χ0n) is 6.43. The van der Waals surface area contributed by atoms with Gasteiger partial charge in [-0.05, 0) is 13.8 Å². The quantitative estimate of drug-likeness (QED) is 0.335. The highest BCUT2D eigenvalue weighted by Crippen LogP contribution is 1.30. The van der Waals surface area contributed by atoms with Crippen molar-refractivity contribution in [1.82, 2.24) is 18.5 Å². The van der Waals surface area contributed by atoms with Gasteiger partial charge in [0.15, 0.2) is 0 Å². The number of hydrogen-bond donors (Lipinski definition) is 5. The summed E-state index contributed by atoms with van der Waals surface area (Å²) < 4.78 is 0. The first kappa shape index (κ1) is 37.1. The molecule has 0 bridgehead atoms. The maximum atomic E-state index is 7.57. The van der Waals surface area contributed by atoms with Crippen molar-refractivity contribution >= 4 is 0 Å². The van der Waals surface area contributed by atoms with Crippen molar-refractivity contribution in [2.24, 2.45) is 0 Å². The Morgan fingerprint density at radius 3 is 0.778 bits per heavy atom. The fourth-order valence-corrected chi connectivity index (χ4v) is 0. The van der Waals surface area contributed by atoms with Crippen LogP contribution in [0.1, 0.15) is 13.8 Å². The molecule has 0 aromatic rings. The normalized spacial score (nSPS) is 4.00. The maximum absolute atomic E-state index is 7.57. The lowest BCUT2D eigenvalue weighted by molar-refractivity contribution is 0.318. The predicted octanol–water partition coefficient (Wildman–Crippen LogP) is 0.483. The smallest absolute Gasteiger partial charge is 0.0402 e. The molecule has 9 heavy (non-hydrogen) atoms. The Morgan fingerprint density at radius 1 is 0.778 bits per heavy atom. The first-order valence-electron chi connectivity index (χ1n) is 2.05. The fraction of sp³-hybridized carbons (Fsp3) is 1.00. The lowest BCUT2D eigenvalue weighted by atomic mass is 10.9. The molecule has 0 aliphatic heterocycles. The second-order valence-corrected chi connectivity index (χ2v) is 0.632. The second kappa shape index (κ2) is 111. The third-order valence-corrected chi connectivity index (χ3v) is 0. The lowest BCUT2D eigenvalue weighted by Gasteiger charge is -1.52. The van der Waals surface area contributed by atoms with Gasteiger partial charge in [0.25, 0.3) is 0 Å². The van der Waals surface area contributed by atoms with E-state index in [1.807, 2.05) is 0 Å². The van der Waals surface area contributed by atoms with Gasteiger partial charge in [-0.15, -0.1) is 0 Å². The number of hydrogen-bond acceptors (Lipinski definition) is 5. The van der Waals surface area contributed by atoms with E-state index in [1.54, 1.807) is 13.8 Å². The molecule has 0 unspecified atom stereocenters. The maximum Gasteiger partial charge on any atom is 0.0402 e. The molecule has 0 aliphatic rings. The van der Waals surface area contributed by atoms with Gasteiger partial charge in [-0.25, -0.2) is 0 Å². The highest BCUT2D eigenvalue weighted by atomic mass is 16.3. The van der Waals surface area contributed by atoms with Gasteiger partial charge in [-0.3, -0.25) is 0 Å². The van der Waals surface area contributed by atoms with E-state index in [9.17, 15) is 0 Å². The van der Waals surface area contributed by atoms with Gasteiger partial charge < -0.3 is 28.7 Å². The summed E-state index contributed by atoms with van der Waals surface area (Å²) in [6, 6.07) is 0. The highest BCUT2D eigenvalue weighted by molar-refractivity contribution is 3.84. The van der Waals surface area contributed by atoms with Crippen molar-refractivity contribution in [3.8, 4) is 0 Å². The number of aliphatic hydroxyl groups is 2. The molecule has 64 valence electrons. The molecule has 5 heteroatoms. The Balaban J connectivity index is -0.00000000889. The molecule has 0 radical (unpaired) electrons. The third kappa shape index (κ3) is 6560. The van der Waals surface area contributed by atoms with Crippen molar-refractivity contribution in [1.29, 1.82) is 0 Å². The van der Waals surface area contributed by atoms with Crippen molar-refractivity contribution in [3.05, 3.63) is 0 Å².